The van der Waals surface area contributed by atoms with Crippen molar-refractivity contribution in [1.29, 1.82) is 0 Å². The van der Waals surface area contributed by atoms with Gasteiger partial charge < -0.3 is 10.8 Å². The van der Waals surface area contributed by atoms with E-state index < -0.39 is 6.10 Å². The van der Waals surface area contributed by atoms with E-state index >= 15 is 0 Å². The van der Waals surface area contributed by atoms with Crippen LogP contribution in [0.4, 0.5) is 0 Å². The predicted octanol–water partition coefficient (Wildman–Crippen LogP) is 1.94. The first-order valence-corrected chi connectivity index (χ1v) is 5.54. The Bertz CT molecular complexity index is 322. The molecule has 84 valence electrons. The van der Waals surface area contributed by atoms with E-state index in [9.17, 15) is 5.11 Å². The number of nitrogens with two attached hydrogens (primary N) is 1. The van der Waals surface area contributed by atoms with Crippen molar-refractivity contribution in [2.45, 2.75) is 45.8 Å². The average Bonchev–Trinajstić information content (AvgIpc) is 2.22. The molecule has 2 nitrogen and oxygen atoms in total. The lowest BCUT2D eigenvalue weighted by Gasteiger charge is -2.17. The number of hydrogen-bond donors (Lipinski definition) is 2. The summed E-state index contributed by atoms with van der Waals surface area (Å²) in [5, 5.41) is 9.59. The van der Waals surface area contributed by atoms with Crippen molar-refractivity contribution in [2.24, 2.45) is 5.73 Å². The highest BCUT2D eigenvalue weighted by atomic mass is 16.3. The average molecular weight is 207 g/mol. The molecule has 3 N–H and O–H groups in total. The summed E-state index contributed by atoms with van der Waals surface area (Å²) in [6.07, 6.45) is 1.06. The normalized spacial score (nSPS) is 15.0. The lowest BCUT2D eigenvalue weighted by atomic mass is 9.98. The summed E-state index contributed by atoms with van der Waals surface area (Å²) in [5.74, 6) is 0. The van der Waals surface area contributed by atoms with Gasteiger partial charge in [0.2, 0.25) is 0 Å². The van der Waals surface area contributed by atoms with Crippen LogP contribution < -0.4 is 5.73 Å². The van der Waals surface area contributed by atoms with Crippen LogP contribution in [0.5, 0.6) is 0 Å². The molecule has 0 aliphatic carbocycles. The van der Waals surface area contributed by atoms with Gasteiger partial charge in [-0.2, -0.15) is 0 Å². The Kier molecular flexibility index (Phi) is 4.30. The molecule has 2 atom stereocenters. The second-order valence-corrected chi connectivity index (χ2v) is 4.26. The lowest BCUT2D eigenvalue weighted by Crippen LogP contribution is -2.36. The van der Waals surface area contributed by atoms with Crippen molar-refractivity contribution in [3.63, 3.8) is 0 Å². The number of aryl methyl sites for hydroxylation is 2. The van der Waals surface area contributed by atoms with Gasteiger partial charge in [-0.25, -0.2) is 0 Å². The van der Waals surface area contributed by atoms with Crippen LogP contribution in [0.1, 0.15) is 30.0 Å². The van der Waals surface area contributed by atoms with Crippen LogP contribution in [0, 0.1) is 13.8 Å². The maximum absolute atomic E-state index is 9.59. The van der Waals surface area contributed by atoms with Crippen molar-refractivity contribution in [2.75, 3.05) is 0 Å². The third-order valence-electron chi connectivity index (χ3n) is 2.96. The molecule has 0 amide bonds. The van der Waals surface area contributed by atoms with Gasteiger partial charge in [-0.1, -0.05) is 25.1 Å². The highest BCUT2D eigenvalue weighted by molar-refractivity contribution is 5.30. The molecule has 0 spiro atoms. The molecule has 0 heterocycles. The van der Waals surface area contributed by atoms with Crippen molar-refractivity contribution < 1.29 is 5.11 Å². The van der Waals surface area contributed by atoms with Crippen LogP contribution in [-0.2, 0) is 6.42 Å². The number of aliphatic hydroxyl groups is 1. The van der Waals surface area contributed by atoms with E-state index in [1.165, 1.54) is 16.7 Å². The van der Waals surface area contributed by atoms with Gasteiger partial charge in [0.1, 0.15) is 0 Å². The Balaban J connectivity index is 2.68. The van der Waals surface area contributed by atoms with Crippen molar-refractivity contribution in [3.05, 3.63) is 34.9 Å². The first-order chi connectivity index (χ1) is 7.04. The smallest absolute Gasteiger partial charge is 0.0691 e. The molecule has 1 aromatic carbocycles. The molecule has 1 rings (SSSR count). The van der Waals surface area contributed by atoms with Crippen LogP contribution in [-0.4, -0.2) is 17.3 Å². The molecule has 0 aliphatic rings. The number of benzene rings is 1. The van der Waals surface area contributed by atoms with E-state index in [1.54, 1.807) is 0 Å². The van der Waals surface area contributed by atoms with Crippen LogP contribution in [0.15, 0.2) is 18.2 Å². The fourth-order valence-electron chi connectivity index (χ4n) is 1.64. The van der Waals surface area contributed by atoms with Gasteiger partial charge in [0, 0.05) is 6.04 Å². The van der Waals surface area contributed by atoms with Gasteiger partial charge in [-0.3, -0.25) is 0 Å². The Morgan fingerprint density at radius 1 is 1.27 bits per heavy atom. The molecular weight excluding hydrogens is 186 g/mol. The Morgan fingerprint density at radius 3 is 2.47 bits per heavy atom. The highest BCUT2D eigenvalue weighted by Gasteiger charge is 2.13. The summed E-state index contributed by atoms with van der Waals surface area (Å²) >= 11 is 0. The molecule has 0 fully saturated rings. The number of aliphatic hydroxyl groups excluding tert-OH is 1. The van der Waals surface area contributed by atoms with Crippen LogP contribution in [0.2, 0.25) is 0 Å². The van der Waals surface area contributed by atoms with E-state index in [-0.39, 0.29) is 6.04 Å². The SMILES string of the molecule is CCC(O)C(N)Cc1ccc(C)c(C)c1. The zero-order valence-electron chi connectivity index (χ0n) is 9.83. The van der Waals surface area contributed by atoms with Crippen LogP contribution >= 0.6 is 0 Å². The van der Waals surface area contributed by atoms with Gasteiger partial charge in [-0.05, 0) is 43.4 Å². The zero-order valence-corrected chi connectivity index (χ0v) is 9.83. The van der Waals surface area contributed by atoms with E-state index in [4.69, 9.17) is 5.73 Å². The quantitative estimate of drug-likeness (QED) is 0.792. The maximum Gasteiger partial charge on any atom is 0.0691 e. The maximum atomic E-state index is 9.59. The summed E-state index contributed by atoms with van der Waals surface area (Å²) in [6, 6.07) is 6.19. The second-order valence-electron chi connectivity index (χ2n) is 4.26. The molecule has 2 heteroatoms. The first-order valence-electron chi connectivity index (χ1n) is 5.54. The number of rotatable bonds is 4. The molecule has 0 aromatic heterocycles. The topological polar surface area (TPSA) is 46.2 Å². The minimum atomic E-state index is -0.397. The second kappa shape index (κ2) is 5.29. The summed E-state index contributed by atoms with van der Waals surface area (Å²) in [5.41, 5.74) is 9.68. The Labute approximate surface area is 92.1 Å². The Hall–Kier alpha value is -0.860. The van der Waals surface area contributed by atoms with Gasteiger partial charge >= 0.3 is 0 Å². The van der Waals surface area contributed by atoms with Crippen LogP contribution in [0.25, 0.3) is 0 Å². The molecule has 0 radical (unpaired) electrons. The summed E-state index contributed by atoms with van der Waals surface area (Å²) in [4.78, 5) is 0. The van der Waals surface area contributed by atoms with E-state index in [2.05, 4.69) is 32.0 Å². The van der Waals surface area contributed by atoms with E-state index in [0.29, 0.717) is 6.42 Å². The minimum absolute atomic E-state index is 0.155. The standard InChI is InChI=1S/C13H21NO/c1-4-13(15)12(14)8-11-6-5-9(2)10(3)7-11/h5-7,12-13,15H,4,8,14H2,1-3H3. The van der Waals surface area contributed by atoms with Gasteiger partial charge in [0.05, 0.1) is 6.10 Å². The summed E-state index contributed by atoms with van der Waals surface area (Å²) < 4.78 is 0. The minimum Gasteiger partial charge on any atom is -0.392 e. The van der Waals surface area contributed by atoms with E-state index in [1.807, 2.05) is 6.92 Å². The first kappa shape index (κ1) is 12.2. The fraction of sp³-hybridized carbons (Fsp3) is 0.538. The highest BCUT2D eigenvalue weighted by Crippen LogP contribution is 2.12. The van der Waals surface area contributed by atoms with Crippen LogP contribution in [0.3, 0.4) is 0 Å². The molecular formula is C13H21NO. The van der Waals surface area contributed by atoms with Gasteiger partial charge in [-0.15, -0.1) is 0 Å². The predicted molar refractivity (Wildman–Crippen MR) is 63.9 cm³/mol. The monoisotopic (exact) mass is 207 g/mol. The molecule has 2 unspecified atom stereocenters. The summed E-state index contributed by atoms with van der Waals surface area (Å²) in [6.45, 7) is 6.14. The molecule has 0 saturated heterocycles. The van der Waals surface area contributed by atoms with Gasteiger partial charge in [0.15, 0.2) is 0 Å². The summed E-state index contributed by atoms with van der Waals surface area (Å²) in [7, 11) is 0. The molecule has 1 aromatic rings. The largest absolute Gasteiger partial charge is 0.392 e. The lowest BCUT2D eigenvalue weighted by molar-refractivity contribution is 0.140. The molecule has 0 bridgehead atoms. The van der Waals surface area contributed by atoms with Gasteiger partial charge in [0.25, 0.3) is 0 Å². The molecule has 15 heavy (non-hydrogen) atoms. The third-order valence-corrected chi connectivity index (χ3v) is 2.96. The fourth-order valence-corrected chi connectivity index (χ4v) is 1.64. The van der Waals surface area contributed by atoms with Crippen molar-refractivity contribution >= 4 is 0 Å². The molecule has 0 saturated carbocycles. The van der Waals surface area contributed by atoms with E-state index in [0.717, 1.165) is 6.42 Å². The Morgan fingerprint density at radius 2 is 1.93 bits per heavy atom. The third kappa shape index (κ3) is 3.33. The molecule has 0 aliphatic heterocycles. The zero-order chi connectivity index (χ0) is 11.4. The van der Waals surface area contributed by atoms with Crippen molar-refractivity contribution in [3.8, 4) is 0 Å². The number of hydrogen-bond acceptors (Lipinski definition) is 2. The van der Waals surface area contributed by atoms with Crippen molar-refractivity contribution in [1.82, 2.24) is 0 Å².